The van der Waals surface area contributed by atoms with E-state index in [4.69, 9.17) is 0 Å². The summed E-state index contributed by atoms with van der Waals surface area (Å²) in [5.41, 5.74) is 20.1. The van der Waals surface area contributed by atoms with Gasteiger partial charge in [0.1, 0.15) is 0 Å². The van der Waals surface area contributed by atoms with Gasteiger partial charge in [0.05, 0.1) is 0 Å². The highest BCUT2D eigenvalue weighted by Crippen LogP contribution is 2.46. The summed E-state index contributed by atoms with van der Waals surface area (Å²) in [6, 6.07) is 67.1. The maximum Gasteiger partial charge on any atom is -0.00262 e. The van der Waals surface area contributed by atoms with Crippen molar-refractivity contribution in [1.82, 2.24) is 0 Å². The first kappa shape index (κ1) is 33.3. The largest absolute Gasteiger partial charge is 0.0622 e. The van der Waals surface area contributed by atoms with E-state index in [1.165, 1.54) is 111 Å². The van der Waals surface area contributed by atoms with Gasteiger partial charge in [0.25, 0.3) is 0 Å². The predicted octanol–water partition coefficient (Wildman–Crippen LogP) is 15.2. The third-order valence-corrected chi connectivity index (χ3v) is 11.3. The maximum absolute atomic E-state index is 2.41. The number of rotatable bonds is 6. The fourth-order valence-corrected chi connectivity index (χ4v) is 8.00. The van der Waals surface area contributed by atoms with E-state index >= 15 is 0 Å². The minimum absolute atomic E-state index is 1.22. The molecule has 0 radical (unpaired) electrons. The minimum Gasteiger partial charge on any atom is -0.0622 e. The molecule has 0 unspecified atom stereocenters. The van der Waals surface area contributed by atoms with Crippen molar-refractivity contribution in [2.45, 2.75) is 27.7 Å². The Kier molecular flexibility index (Phi) is 8.53. The van der Waals surface area contributed by atoms with Gasteiger partial charge in [-0.1, -0.05) is 182 Å². The van der Waals surface area contributed by atoms with Crippen LogP contribution >= 0.6 is 0 Å². The Hall–Kier alpha value is -6.50. The Bertz CT molecular complexity index is 2510. The van der Waals surface area contributed by atoms with Crippen LogP contribution < -0.4 is 0 Å². The lowest BCUT2D eigenvalue weighted by molar-refractivity contribution is 1.36. The van der Waals surface area contributed by atoms with E-state index in [1.807, 2.05) is 0 Å². The third kappa shape index (κ3) is 6.10. The Morgan fingerprint density at radius 3 is 0.611 bits per heavy atom. The van der Waals surface area contributed by atoms with Crippen LogP contribution in [0.4, 0.5) is 0 Å². The van der Waals surface area contributed by atoms with Gasteiger partial charge in [-0.2, -0.15) is 0 Å². The molecule has 0 aliphatic rings. The Morgan fingerprint density at radius 2 is 0.389 bits per heavy atom. The van der Waals surface area contributed by atoms with Crippen molar-refractivity contribution < 1.29 is 0 Å². The molecule has 0 saturated heterocycles. The summed E-state index contributed by atoms with van der Waals surface area (Å²) >= 11 is 0. The van der Waals surface area contributed by atoms with Crippen LogP contribution in [0.15, 0.2) is 182 Å². The molecule has 0 N–H and O–H groups in total. The molecule has 0 aromatic heterocycles. The minimum atomic E-state index is 1.22. The van der Waals surface area contributed by atoms with E-state index in [0.29, 0.717) is 0 Å². The summed E-state index contributed by atoms with van der Waals surface area (Å²) in [5.74, 6) is 0. The van der Waals surface area contributed by atoms with Gasteiger partial charge >= 0.3 is 0 Å². The zero-order valence-electron chi connectivity index (χ0n) is 31.3. The Morgan fingerprint density at radius 1 is 0.204 bits per heavy atom. The van der Waals surface area contributed by atoms with Crippen LogP contribution in [0.1, 0.15) is 22.3 Å². The van der Waals surface area contributed by atoms with Gasteiger partial charge in [0.15, 0.2) is 0 Å². The van der Waals surface area contributed by atoms with Crippen LogP contribution in [0, 0.1) is 27.7 Å². The van der Waals surface area contributed by atoms with Crippen molar-refractivity contribution in [3.63, 3.8) is 0 Å². The van der Waals surface area contributed by atoms with Gasteiger partial charge < -0.3 is 0 Å². The zero-order valence-corrected chi connectivity index (χ0v) is 31.3. The van der Waals surface area contributed by atoms with Crippen LogP contribution in [0.2, 0.25) is 0 Å². The van der Waals surface area contributed by atoms with Crippen molar-refractivity contribution in [2.75, 3.05) is 0 Å². The first-order chi connectivity index (χ1) is 26.4. The van der Waals surface area contributed by atoms with Crippen molar-refractivity contribution in [1.29, 1.82) is 0 Å². The molecule has 0 fully saturated rings. The van der Waals surface area contributed by atoms with Crippen molar-refractivity contribution in [3.05, 3.63) is 204 Å². The summed E-state index contributed by atoms with van der Waals surface area (Å²) in [5, 5.41) is 5.18. The molecule has 9 rings (SSSR count). The Labute approximate surface area is 319 Å². The first-order valence-electron chi connectivity index (χ1n) is 18.9. The van der Waals surface area contributed by atoms with Crippen molar-refractivity contribution in [2.24, 2.45) is 0 Å². The van der Waals surface area contributed by atoms with Crippen LogP contribution in [-0.4, -0.2) is 0 Å². The molecule has 9 aromatic rings. The molecule has 0 bridgehead atoms. The number of hydrogen-bond acceptors (Lipinski definition) is 0. The van der Waals surface area contributed by atoms with Gasteiger partial charge in [0.2, 0.25) is 0 Å². The van der Waals surface area contributed by atoms with E-state index in [1.54, 1.807) is 0 Å². The highest BCUT2D eigenvalue weighted by Gasteiger charge is 2.19. The normalized spacial score (nSPS) is 11.3. The van der Waals surface area contributed by atoms with E-state index in [-0.39, 0.29) is 0 Å². The molecule has 0 spiro atoms. The first-order valence-corrected chi connectivity index (χ1v) is 18.9. The highest BCUT2D eigenvalue weighted by molar-refractivity contribution is 6.22. The lowest BCUT2D eigenvalue weighted by Gasteiger charge is -2.21. The molecule has 54 heavy (non-hydrogen) atoms. The van der Waals surface area contributed by atoms with Crippen LogP contribution in [0.25, 0.3) is 88.3 Å². The maximum atomic E-state index is 2.41. The fourth-order valence-electron chi connectivity index (χ4n) is 8.00. The molecule has 0 atom stereocenters. The summed E-state index contributed by atoms with van der Waals surface area (Å²) in [4.78, 5) is 0. The number of aryl methyl sites for hydroxylation is 4. The summed E-state index contributed by atoms with van der Waals surface area (Å²) < 4.78 is 0. The lowest BCUT2D eigenvalue weighted by Crippen LogP contribution is -1.95. The fraction of sp³-hybridized carbons (Fsp3) is 0.0741. The topological polar surface area (TPSA) is 0 Å². The smallest absolute Gasteiger partial charge is 0.00262 e. The van der Waals surface area contributed by atoms with Gasteiger partial charge in [-0.05, 0) is 138 Å². The standard InChI is InChI=1S/C54H42/c1-35-31-49-50(32-36(35)2)54(48-29-25-46(26-30-48)44-21-17-42(18-22-44)40-13-9-6-10-14-40)52-34-38(4)37(3)33-51(52)53(49)47-27-23-45(24-28-47)43-19-15-41(16-20-43)39-11-7-5-8-12-39/h5-34H,1-4H3. The van der Waals surface area contributed by atoms with Crippen LogP contribution in [0.3, 0.4) is 0 Å². The molecule has 0 aliphatic heterocycles. The van der Waals surface area contributed by atoms with Crippen LogP contribution in [-0.2, 0) is 0 Å². The summed E-state index contributed by atoms with van der Waals surface area (Å²) in [6.45, 7) is 8.96. The molecule has 9 aromatic carbocycles. The number of fused-ring (bicyclic) bond motifs is 2. The zero-order chi connectivity index (χ0) is 36.8. The number of hydrogen-bond donors (Lipinski definition) is 0. The monoisotopic (exact) mass is 690 g/mol. The molecule has 0 amide bonds. The molecule has 0 heterocycles. The molecular weight excluding hydrogens is 649 g/mol. The van der Waals surface area contributed by atoms with E-state index < -0.39 is 0 Å². The van der Waals surface area contributed by atoms with Gasteiger partial charge in [-0.25, -0.2) is 0 Å². The Balaban J connectivity index is 1.15. The average Bonchev–Trinajstić information content (AvgIpc) is 3.22. The second-order valence-electron chi connectivity index (χ2n) is 14.8. The molecule has 0 aliphatic carbocycles. The van der Waals surface area contributed by atoms with Gasteiger partial charge in [-0.15, -0.1) is 0 Å². The predicted molar refractivity (Wildman–Crippen MR) is 233 cm³/mol. The second-order valence-corrected chi connectivity index (χ2v) is 14.8. The van der Waals surface area contributed by atoms with Crippen LogP contribution in [0.5, 0.6) is 0 Å². The SMILES string of the molecule is Cc1cc2c(-c3ccc(-c4ccc(-c5ccccc5)cc4)cc3)c3cc(C)c(C)cc3c(-c3ccc(-c4ccc(-c5ccccc5)cc4)cc3)c2cc1C. The molecule has 0 heteroatoms. The summed E-state index contributed by atoms with van der Waals surface area (Å²) in [6.07, 6.45) is 0. The van der Waals surface area contributed by atoms with Crippen molar-refractivity contribution in [3.8, 4) is 66.8 Å². The van der Waals surface area contributed by atoms with E-state index in [2.05, 4.69) is 210 Å². The van der Waals surface area contributed by atoms with E-state index in [0.717, 1.165) is 0 Å². The molecule has 0 nitrogen and oxygen atoms in total. The second kappa shape index (κ2) is 13.8. The number of benzene rings is 9. The van der Waals surface area contributed by atoms with Gasteiger partial charge in [0, 0.05) is 0 Å². The third-order valence-electron chi connectivity index (χ3n) is 11.3. The summed E-state index contributed by atoms with van der Waals surface area (Å²) in [7, 11) is 0. The van der Waals surface area contributed by atoms with Crippen molar-refractivity contribution >= 4 is 21.5 Å². The van der Waals surface area contributed by atoms with Gasteiger partial charge in [-0.3, -0.25) is 0 Å². The lowest BCUT2D eigenvalue weighted by atomic mass is 9.83. The molecule has 0 saturated carbocycles. The quantitative estimate of drug-likeness (QED) is 0.152. The highest BCUT2D eigenvalue weighted by atomic mass is 14.2. The average molecular weight is 691 g/mol. The molecular formula is C54H42. The molecule has 258 valence electrons. The van der Waals surface area contributed by atoms with E-state index in [9.17, 15) is 0 Å².